The summed E-state index contributed by atoms with van der Waals surface area (Å²) in [6.07, 6.45) is -0.0441. The van der Waals surface area contributed by atoms with Crippen LogP contribution in [-0.2, 0) is 23.8 Å². The summed E-state index contributed by atoms with van der Waals surface area (Å²) in [5, 5.41) is 3.40. The van der Waals surface area contributed by atoms with E-state index in [9.17, 15) is 18.0 Å². The fraction of sp³-hybridized carbons (Fsp3) is 0.308. The van der Waals surface area contributed by atoms with Crippen LogP contribution in [-0.4, -0.2) is 33.9 Å². The van der Waals surface area contributed by atoms with E-state index in [-0.39, 0.29) is 24.4 Å². The zero-order chi connectivity index (χ0) is 24.8. The van der Waals surface area contributed by atoms with E-state index in [0.717, 1.165) is 37.7 Å². The summed E-state index contributed by atoms with van der Waals surface area (Å²) in [4.78, 5) is 23.4. The quantitative estimate of drug-likeness (QED) is 0.548. The molecule has 35 heavy (non-hydrogen) atoms. The number of benzene rings is 1. The van der Waals surface area contributed by atoms with Crippen LogP contribution in [0, 0.1) is 11.8 Å². The Morgan fingerprint density at radius 1 is 1.11 bits per heavy atom. The summed E-state index contributed by atoms with van der Waals surface area (Å²) >= 11 is 0. The minimum absolute atomic E-state index is 0.119. The third kappa shape index (κ3) is 6.43. The second-order valence-electron chi connectivity index (χ2n) is 8.41. The van der Waals surface area contributed by atoms with Crippen LogP contribution in [0.15, 0.2) is 48.8 Å². The molecule has 9 heteroatoms. The van der Waals surface area contributed by atoms with Gasteiger partial charge in [-0.15, -0.1) is 0 Å². The Morgan fingerprint density at radius 3 is 2.57 bits per heavy atom. The van der Waals surface area contributed by atoms with Gasteiger partial charge in [-0.05, 0) is 59.9 Å². The minimum Gasteiger partial charge on any atom is -0.369 e. The second kappa shape index (κ2) is 10.7. The monoisotopic (exact) mass is 479 g/mol. The lowest BCUT2D eigenvalue weighted by atomic mass is 9.91. The number of aromatic nitrogens is 3. The molecule has 1 aliphatic rings. The van der Waals surface area contributed by atoms with Gasteiger partial charge >= 0.3 is 6.18 Å². The molecular weight excluding hydrogens is 455 g/mol. The van der Waals surface area contributed by atoms with Crippen LogP contribution in [0.3, 0.4) is 0 Å². The number of hydrogen-bond donors (Lipinski definition) is 2. The van der Waals surface area contributed by atoms with Crippen molar-refractivity contribution >= 4 is 5.91 Å². The molecule has 1 aliphatic heterocycles. The van der Waals surface area contributed by atoms with E-state index in [2.05, 4.69) is 44.2 Å². The number of primary amides is 1. The number of halogens is 3. The van der Waals surface area contributed by atoms with E-state index in [1.807, 2.05) is 12.1 Å². The first-order chi connectivity index (χ1) is 16.8. The number of piperidine rings is 1. The number of nitrogens with one attached hydrogen (secondary N) is 1. The number of hydrogen-bond acceptors (Lipinski definition) is 5. The Labute approximate surface area is 201 Å². The maximum absolute atomic E-state index is 13.6. The van der Waals surface area contributed by atoms with Crippen LogP contribution in [0.25, 0.3) is 0 Å². The van der Waals surface area contributed by atoms with Gasteiger partial charge in [-0.1, -0.05) is 30.3 Å². The highest BCUT2D eigenvalue weighted by Gasteiger charge is 2.34. The first kappa shape index (κ1) is 24.4. The zero-order valence-electron chi connectivity index (χ0n) is 18.9. The summed E-state index contributed by atoms with van der Waals surface area (Å²) in [5.74, 6) is 5.21. The molecule has 1 atom stereocenters. The lowest BCUT2D eigenvalue weighted by Crippen LogP contribution is -2.28. The topological polar surface area (TPSA) is 93.8 Å². The molecule has 3 aromatic rings. The first-order valence-electron chi connectivity index (χ1n) is 11.3. The fourth-order valence-electron chi connectivity index (χ4n) is 4.03. The normalized spacial score (nSPS) is 15.8. The average Bonchev–Trinajstić information content (AvgIpc) is 2.83. The molecule has 4 rings (SSSR count). The molecule has 0 radical (unpaired) electrons. The Hall–Kier alpha value is -3.77. The van der Waals surface area contributed by atoms with E-state index in [1.165, 1.54) is 11.8 Å². The maximum atomic E-state index is 13.6. The maximum Gasteiger partial charge on any atom is 0.420 e. The van der Waals surface area contributed by atoms with Crippen LogP contribution in [0.2, 0.25) is 0 Å². The Bertz CT molecular complexity index is 1260. The third-order valence-electron chi connectivity index (χ3n) is 5.81. The number of pyridine rings is 1. The van der Waals surface area contributed by atoms with Crippen molar-refractivity contribution in [1.29, 1.82) is 0 Å². The van der Waals surface area contributed by atoms with Crippen molar-refractivity contribution in [3.8, 4) is 11.8 Å². The van der Waals surface area contributed by atoms with Crippen LogP contribution < -0.4 is 11.1 Å². The molecule has 6 nitrogen and oxygen atoms in total. The van der Waals surface area contributed by atoms with Crippen LogP contribution >= 0.6 is 0 Å². The summed E-state index contributed by atoms with van der Waals surface area (Å²) in [6, 6.07) is 11.2. The minimum atomic E-state index is -4.67. The van der Waals surface area contributed by atoms with E-state index in [4.69, 9.17) is 5.73 Å². The largest absolute Gasteiger partial charge is 0.420 e. The first-order valence-corrected chi connectivity index (χ1v) is 11.3. The molecule has 0 spiro atoms. The summed E-state index contributed by atoms with van der Waals surface area (Å²) in [5.41, 5.74) is 6.51. The Balaban J connectivity index is 1.60. The van der Waals surface area contributed by atoms with E-state index >= 15 is 0 Å². The van der Waals surface area contributed by atoms with Crippen molar-refractivity contribution < 1.29 is 18.0 Å². The van der Waals surface area contributed by atoms with Crippen molar-refractivity contribution in [3.05, 3.63) is 88.3 Å². The van der Waals surface area contributed by atoms with Gasteiger partial charge in [0, 0.05) is 25.4 Å². The molecule has 3 heterocycles. The highest BCUT2D eigenvalue weighted by molar-refractivity contribution is 5.77. The van der Waals surface area contributed by atoms with Gasteiger partial charge in [-0.3, -0.25) is 4.79 Å². The van der Waals surface area contributed by atoms with Gasteiger partial charge in [0.15, 0.2) is 0 Å². The zero-order valence-corrected chi connectivity index (χ0v) is 18.9. The molecule has 1 unspecified atom stereocenters. The van der Waals surface area contributed by atoms with Crippen molar-refractivity contribution in [1.82, 2.24) is 20.3 Å². The average molecular weight is 480 g/mol. The number of carbonyl (C=O) groups is 1. The molecule has 3 N–H and O–H groups in total. The van der Waals surface area contributed by atoms with E-state index < -0.39 is 23.3 Å². The van der Waals surface area contributed by atoms with E-state index in [1.54, 1.807) is 12.1 Å². The lowest BCUT2D eigenvalue weighted by Gasteiger charge is -2.23. The molecule has 1 saturated heterocycles. The van der Waals surface area contributed by atoms with Gasteiger partial charge in [-0.25, -0.2) is 15.0 Å². The third-order valence-corrected chi connectivity index (χ3v) is 5.81. The number of nitrogens with zero attached hydrogens (tertiary/aromatic N) is 3. The predicted octanol–water partition coefficient (Wildman–Crippen LogP) is 3.38. The van der Waals surface area contributed by atoms with Crippen molar-refractivity contribution in [2.24, 2.45) is 5.73 Å². The van der Waals surface area contributed by atoms with Crippen LogP contribution in [0.4, 0.5) is 13.2 Å². The van der Waals surface area contributed by atoms with Gasteiger partial charge in [-0.2, -0.15) is 13.2 Å². The molecule has 0 saturated carbocycles. The molecule has 1 fully saturated rings. The van der Waals surface area contributed by atoms with Crippen LogP contribution in [0.5, 0.6) is 0 Å². The summed E-state index contributed by atoms with van der Waals surface area (Å²) < 4.78 is 40.7. The smallest absolute Gasteiger partial charge is 0.369 e. The van der Waals surface area contributed by atoms with Crippen molar-refractivity contribution in [3.63, 3.8) is 0 Å². The molecule has 180 valence electrons. The molecular formula is C26H24F3N5O. The molecule has 2 aromatic heterocycles. The number of carbonyl (C=O) groups excluding carboxylic acids is 1. The summed E-state index contributed by atoms with van der Waals surface area (Å²) in [6.45, 7) is 1.98. The number of alkyl halides is 3. The SMILES string of the molecule is NC(=O)Cc1cccnc1C#Cc1nc(Cc2ccc(C3CCCNC3)cc2)ncc1C(F)(F)F. The van der Waals surface area contributed by atoms with Crippen LogP contribution in [0.1, 0.15) is 58.2 Å². The number of nitrogens with two attached hydrogens (primary N) is 1. The Morgan fingerprint density at radius 2 is 1.89 bits per heavy atom. The molecule has 1 amide bonds. The highest BCUT2D eigenvalue weighted by atomic mass is 19.4. The number of rotatable bonds is 5. The number of amides is 1. The molecule has 0 aliphatic carbocycles. The van der Waals surface area contributed by atoms with E-state index in [0.29, 0.717) is 11.5 Å². The highest BCUT2D eigenvalue weighted by Crippen LogP contribution is 2.31. The molecule has 0 bridgehead atoms. The summed E-state index contributed by atoms with van der Waals surface area (Å²) in [7, 11) is 0. The lowest BCUT2D eigenvalue weighted by molar-refractivity contribution is -0.138. The fourth-order valence-corrected chi connectivity index (χ4v) is 4.03. The standard InChI is InChI=1S/C26H24F3N5O/c27-26(28,29)21-16-33-25(13-17-5-7-18(8-6-17)20-4-1-11-31-15-20)34-23(21)10-9-22-19(14-24(30)35)3-2-12-32-22/h2-3,5-8,12,16,20,31H,1,4,11,13-15H2,(H2,30,35). The predicted molar refractivity (Wildman–Crippen MR) is 124 cm³/mol. The van der Waals surface area contributed by atoms with Gasteiger partial charge in [0.2, 0.25) is 5.91 Å². The van der Waals surface area contributed by atoms with Gasteiger partial charge < -0.3 is 11.1 Å². The van der Waals surface area contributed by atoms with Crippen molar-refractivity contribution in [2.45, 2.75) is 37.8 Å². The van der Waals surface area contributed by atoms with Gasteiger partial charge in [0.25, 0.3) is 0 Å². The van der Waals surface area contributed by atoms with Gasteiger partial charge in [0.1, 0.15) is 22.8 Å². The van der Waals surface area contributed by atoms with Crippen molar-refractivity contribution in [2.75, 3.05) is 13.1 Å². The van der Waals surface area contributed by atoms with Gasteiger partial charge in [0.05, 0.1) is 6.42 Å². The molecule has 1 aromatic carbocycles. The Kier molecular flexibility index (Phi) is 7.42. The second-order valence-corrected chi connectivity index (χ2v) is 8.41.